The van der Waals surface area contributed by atoms with Gasteiger partial charge in [-0.15, -0.1) is 0 Å². The SMILES string of the molecule is Cc1cc(Cl)ccc1OC(=O)CCc1nc2cc(S(=O)(=O)N(C)C)ccc2n1C. The van der Waals surface area contributed by atoms with Gasteiger partial charge in [-0.2, -0.15) is 0 Å². The second kappa shape index (κ2) is 8.14. The van der Waals surface area contributed by atoms with Crippen molar-refractivity contribution < 1.29 is 17.9 Å². The molecule has 0 amide bonds. The Bertz CT molecular complexity index is 1190. The van der Waals surface area contributed by atoms with E-state index in [2.05, 4.69) is 4.98 Å². The summed E-state index contributed by atoms with van der Waals surface area (Å²) in [6, 6.07) is 9.89. The van der Waals surface area contributed by atoms with Crippen LogP contribution in [0.4, 0.5) is 0 Å². The highest BCUT2D eigenvalue weighted by Gasteiger charge is 2.19. The maximum absolute atomic E-state index is 12.3. The summed E-state index contributed by atoms with van der Waals surface area (Å²) in [5, 5.41) is 0.581. The quantitative estimate of drug-likeness (QED) is 0.438. The Kier molecular flexibility index (Phi) is 5.97. The molecule has 29 heavy (non-hydrogen) atoms. The molecule has 0 aliphatic carbocycles. The van der Waals surface area contributed by atoms with Crippen LogP contribution in [0.5, 0.6) is 5.75 Å². The van der Waals surface area contributed by atoms with Gasteiger partial charge in [-0.25, -0.2) is 17.7 Å². The lowest BCUT2D eigenvalue weighted by atomic mass is 10.2. The highest BCUT2D eigenvalue weighted by atomic mass is 35.5. The Morgan fingerprint density at radius 1 is 1.21 bits per heavy atom. The second-order valence-corrected chi connectivity index (χ2v) is 9.50. The average molecular weight is 436 g/mol. The number of benzene rings is 2. The van der Waals surface area contributed by atoms with Gasteiger partial charge in [0, 0.05) is 32.6 Å². The number of aryl methyl sites for hydroxylation is 3. The van der Waals surface area contributed by atoms with E-state index in [1.54, 1.807) is 36.4 Å². The smallest absolute Gasteiger partial charge is 0.311 e. The van der Waals surface area contributed by atoms with Gasteiger partial charge in [0.1, 0.15) is 11.6 Å². The number of esters is 1. The van der Waals surface area contributed by atoms with Gasteiger partial charge in [-0.1, -0.05) is 11.6 Å². The van der Waals surface area contributed by atoms with Crippen LogP contribution in [0, 0.1) is 6.92 Å². The highest BCUT2D eigenvalue weighted by Crippen LogP contribution is 2.24. The molecule has 0 aliphatic heterocycles. The number of aromatic nitrogens is 2. The molecule has 0 aliphatic rings. The van der Waals surface area contributed by atoms with Crippen LogP contribution in [-0.4, -0.2) is 42.3 Å². The molecule has 0 N–H and O–H groups in total. The Hall–Kier alpha value is -2.42. The number of fused-ring (bicyclic) bond motifs is 1. The minimum Gasteiger partial charge on any atom is -0.426 e. The van der Waals surface area contributed by atoms with E-state index in [1.807, 2.05) is 18.5 Å². The highest BCUT2D eigenvalue weighted by molar-refractivity contribution is 7.89. The summed E-state index contributed by atoms with van der Waals surface area (Å²) in [6.45, 7) is 1.82. The first-order valence-corrected chi connectivity index (χ1v) is 10.8. The van der Waals surface area contributed by atoms with Crippen molar-refractivity contribution in [3.8, 4) is 5.75 Å². The molecule has 0 fully saturated rings. The zero-order valence-electron chi connectivity index (χ0n) is 16.6. The lowest BCUT2D eigenvalue weighted by molar-refractivity contribution is -0.134. The molecular weight excluding hydrogens is 414 g/mol. The predicted molar refractivity (Wildman–Crippen MR) is 112 cm³/mol. The summed E-state index contributed by atoms with van der Waals surface area (Å²) in [4.78, 5) is 16.9. The number of carbonyl (C=O) groups excluding carboxylic acids is 1. The molecule has 0 saturated carbocycles. The van der Waals surface area contributed by atoms with Crippen LogP contribution in [-0.2, 0) is 28.3 Å². The van der Waals surface area contributed by atoms with Gasteiger partial charge in [-0.05, 0) is 48.9 Å². The second-order valence-electron chi connectivity index (χ2n) is 6.91. The van der Waals surface area contributed by atoms with Crippen molar-refractivity contribution in [2.75, 3.05) is 14.1 Å². The Morgan fingerprint density at radius 2 is 1.93 bits per heavy atom. The Balaban J connectivity index is 1.76. The zero-order valence-corrected chi connectivity index (χ0v) is 18.2. The summed E-state index contributed by atoms with van der Waals surface area (Å²) < 4.78 is 33.1. The van der Waals surface area contributed by atoms with Crippen molar-refractivity contribution >= 4 is 38.6 Å². The van der Waals surface area contributed by atoms with Crippen LogP contribution in [0.15, 0.2) is 41.3 Å². The molecule has 0 bridgehead atoms. The Labute approximate surface area is 174 Å². The number of carbonyl (C=O) groups is 1. The summed E-state index contributed by atoms with van der Waals surface area (Å²) in [5.41, 5.74) is 2.13. The van der Waals surface area contributed by atoms with Gasteiger partial charge in [0.05, 0.1) is 22.3 Å². The maximum Gasteiger partial charge on any atom is 0.311 e. The molecule has 1 aromatic heterocycles. The van der Waals surface area contributed by atoms with E-state index in [4.69, 9.17) is 16.3 Å². The van der Waals surface area contributed by atoms with E-state index in [-0.39, 0.29) is 17.3 Å². The standard InChI is InChI=1S/C20H22ClN3O4S/c1-13-11-14(21)5-8-18(13)28-20(25)10-9-19-22-16-12-15(29(26,27)23(2)3)6-7-17(16)24(19)4/h5-8,11-12H,9-10H2,1-4H3. The van der Waals surface area contributed by atoms with Crippen molar-refractivity contribution in [2.45, 2.75) is 24.7 Å². The van der Waals surface area contributed by atoms with Crippen molar-refractivity contribution in [3.05, 3.63) is 52.8 Å². The first-order chi connectivity index (χ1) is 13.6. The van der Waals surface area contributed by atoms with Crippen molar-refractivity contribution in [2.24, 2.45) is 7.05 Å². The fourth-order valence-corrected chi connectivity index (χ4v) is 4.09. The van der Waals surface area contributed by atoms with Gasteiger partial charge >= 0.3 is 5.97 Å². The summed E-state index contributed by atoms with van der Waals surface area (Å²) in [7, 11) is 1.26. The number of ether oxygens (including phenoxy) is 1. The molecule has 0 atom stereocenters. The van der Waals surface area contributed by atoms with E-state index in [9.17, 15) is 13.2 Å². The Morgan fingerprint density at radius 3 is 2.59 bits per heavy atom. The van der Waals surface area contributed by atoms with E-state index < -0.39 is 10.0 Å². The number of imidazole rings is 1. The number of rotatable bonds is 6. The molecule has 9 heteroatoms. The molecule has 0 spiro atoms. The third-order valence-corrected chi connectivity index (χ3v) is 6.68. The fraction of sp³-hybridized carbons (Fsp3) is 0.300. The first-order valence-electron chi connectivity index (χ1n) is 8.94. The summed E-state index contributed by atoms with van der Waals surface area (Å²) in [5.74, 6) is 0.769. The van der Waals surface area contributed by atoms with Gasteiger partial charge in [0.25, 0.3) is 0 Å². The van der Waals surface area contributed by atoms with Crippen LogP contribution in [0.1, 0.15) is 17.8 Å². The molecular formula is C20H22ClN3O4S. The van der Waals surface area contributed by atoms with Crippen LogP contribution in [0.3, 0.4) is 0 Å². The summed E-state index contributed by atoms with van der Waals surface area (Å²) in [6.07, 6.45) is 0.508. The normalized spacial score (nSPS) is 11.9. The van der Waals surface area contributed by atoms with E-state index >= 15 is 0 Å². The fourth-order valence-electron chi connectivity index (χ4n) is 2.94. The number of hydrogen-bond donors (Lipinski definition) is 0. The lowest BCUT2D eigenvalue weighted by Gasteiger charge is -2.10. The monoisotopic (exact) mass is 435 g/mol. The first kappa shape index (κ1) is 21.3. The van der Waals surface area contributed by atoms with E-state index in [0.717, 1.165) is 15.4 Å². The lowest BCUT2D eigenvalue weighted by Crippen LogP contribution is -2.22. The molecule has 7 nitrogen and oxygen atoms in total. The number of halogens is 1. The number of sulfonamides is 1. The van der Waals surface area contributed by atoms with Crippen LogP contribution in [0.2, 0.25) is 5.02 Å². The maximum atomic E-state index is 12.3. The molecule has 3 aromatic rings. The van der Waals surface area contributed by atoms with Gasteiger partial charge in [-0.3, -0.25) is 4.79 Å². The van der Waals surface area contributed by atoms with E-state index in [0.29, 0.717) is 28.5 Å². The predicted octanol–water partition coefficient (Wildman–Crippen LogP) is 3.32. The third-order valence-electron chi connectivity index (χ3n) is 4.64. The van der Waals surface area contributed by atoms with Crippen LogP contribution in [0.25, 0.3) is 11.0 Å². The molecule has 3 rings (SSSR count). The minimum absolute atomic E-state index is 0.141. The van der Waals surface area contributed by atoms with Gasteiger partial charge in [0.2, 0.25) is 10.0 Å². The average Bonchev–Trinajstić information content (AvgIpc) is 2.97. The largest absolute Gasteiger partial charge is 0.426 e. The topological polar surface area (TPSA) is 81.5 Å². The summed E-state index contributed by atoms with van der Waals surface area (Å²) >= 11 is 5.92. The number of nitrogens with zero attached hydrogens (tertiary/aromatic N) is 3. The van der Waals surface area contributed by atoms with Gasteiger partial charge in [0.15, 0.2) is 0 Å². The number of hydrogen-bond acceptors (Lipinski definition) is 5. The third kappa shape index (κ3) is 4.44. The van der Waals surface area contributed by atoms with Crippen molar-refractivity contribution in [1.82, 2.24) is 13.9 Å². The van der Waals surface area contributed by atoms with Crippen molar-refractivity contribution in [1.29, 1.82) is 0 Å². The minimum atomic E-state index is -3.54. The van der Waals surface area contributed by atoms with Crippen LogP contribution >= 0.6 is 11.6 Å². The van der Waals surface area contributed by atoms with Gasteiger partial charge < -0.3 is 9.30 Å². The van der Waals surface area contributed by atoms with E-state index in [1.165, 1.54) is 14.1 Å². The molecule has 0 radical (unpaired) electrons. The zero-order chi connectivity index (χ0) is 21.3. The molecule has 0 saturated heterocycles. The molecule has 0 unspecified atom stereocenters. The molecule has 1 heterocycles. The molecule has 154 valence electrons. The molecule has 2 aromatic carbocycles. The van der Waals surface area contributed by atoms with Crippen LogP contribution < -0.4 is 4.74 Å². The van der Waals surface area contributed by atoms with Crippen molar-refractivity contribution in [3.63, 3.8) is 0 Å².